The molecule has 0 amide bonds. The third-order valence-electron chi connectivity index (χ3n) is 3.11. The lowest BCUT2D eigenvalue weighted by Gasteiger charge is -2.18. The third-order valence-corrected chi connectivity index (χ3v) is 3.11. The standard InChI is InChI=1S/C13H18FNO/c1-9-3-4-11(7-13(9)14)10(2)15-12-5-6-16-8-12/h3-4,7,10,12,15H,5-6,8H2,1-2H3. The van der Waals surface area contributed by atoms with Gasteiger partial charge >= 0.3 is 0 Å². The van der Waals surface area contributed by atoms with Crippen LogP contribution in [0, 0.1) is 12.7 Å². The van der Waals surface area contributed by atoms with Crippen molar-refractivity contribution in [1.82, 2.24) is 5.32 Å². The molecule has 0 aliphatic carbocycles. The van der Waals surface area contributed by atoms with Gasteiger partial charge in [-0.2, -0.15) is 0 Å². The monoisotopic (exact) mass is 223 g/mol. The minimum absolute atomic E-state index is 0.131. The van der Waals surface area contributed by atoms with Gasteiger partial charge in [-0.3, -0.25) is 0 Å². The normalized spacial score (nSPS) is 22.3. The molecule has 2 unspecified atom stereocenters. The van der Waals surface area contributed by atoms with E-state index >= 15 is 0 Å². The van der Waals surface area contributed by atoms with Crippen molar-refractivity contribution in [2.45, 2.75) is 32.4 Å². The average Bonchev–Trinajstić information content (AvgIpc) is 2.74. The number of ether oxygens (including phenoxy) is 1. The molecule has 1 N–H and O–H groups in total. The van der Waals surface area contributed by atoms with Crippen molar-refractivity contribution in [2.24, 2.45) is 0 Å². The second kappa shape index (κ2) is 4.93. The number of rotatable bonds is 3. The van der Waals surface area contributed by atoms with Gasteiger partial charge in [0.1, 0.15) is 5.82 Å². The molecular weight excluding hydrogens is 205 g/mol. The predicted octanol–water partition coefficient (Wildman–Crippen LogP) is 2.57. The Morgan fingerprint density at radius 2 is 2.31 bits per heavy atom. The summed E-state index contributed by atoms with van der Waals surface area (Å²) in [5.41, 5.74) is 1.69. The first kappa shape index (κ1) is 11.6. The van der Waals surface area contributed by atoms with Crippen molar-refractivity contribution in [3.8, 4) is 0 Å². The van der Waals surface area contributed by atoms with Gasteiger partial charge in [0, 0.05) is 18.7 Å². The van der Waals surface area contributed by atoms with E-state index in [1.165, 1.54) is 0 Å². The maximum atomic E-state index is 13.4. The largest absolute Gasteiger partial charge is 0.380 e. The number of hydrogen-bond acceptors (Lipinski definition) is 2. The summed E-state index contributed by atoms with van der Waals surface area (Å²) in [5.74, 6) is -0.131. The first-order valence-electron chi connectivity index (χ1n) is 5.76. The molecule has 2 atom stereocenters. The lowest BCUT2D eigenvalue weighted by atomic mass is 10.0. The number of aryl methyl sites for hydroxylation is 1. The molecule has 0 spiro atoms. The molecule has 1 aromatic rings. The summed E-state index contributed by atoms with van der Waals surface area (Å²) in [5, 5.41) is 3.45. The number of halogens is 1. The Bertz CT molecular complexity index is 361. The van der Waals surface area contributed by atoms with Crippen molar-refractivity contribution in [1.29, 1.82) is 0 Å². The van der Waals surface area contributed by atoms with E-state index < -0.39 is 0 Å². The summed E-state index contributed by atoms with van der Waals surface area (Å²) in [7, 11) is 0. The summed E-state index contributed by atoms with van der Waals surface area (Å²) in [6.07, 6.45) is 1.04. The predicted molar refractivity (Wildman–Crippen MR) is 61.9 cm³/mol. The van der Waals surface area contributed by atoms with Gasteiger partial charge in [0.05, 0.1) is 6.61 Å². The van der Waals surface area contributed by atoms with Crippen LogP contribution < -0.4 is 5.32 Å². The van der Waals surface area contributed by atoms with Crippen LogP contribution in [0.25, 0.3) is 0 Å². The van der Waals surface area contributed by atoms with Crippen LogP contribution in [0.1, 0.15) is 30.5 Å². The zero-order chi connectivity index (χ0) is 11.5. The summed E-state index contributed by atoms with van der Waals surface area (Å²) < 4.78 is 18.7. The van der Waals surface area contributed by atoms with E-state index in [9.17, 15) is 4.39 Å². The lowest BCUT2D eigenvalue weighted by molar-refractivity contribution is 0.188. The van der Waals surface area contributed by atoms with Crippen LogP contribution in [-0.4, -0.2) is 19.3 Å². The van der Waals surface area contributed by atoms with E-state index in [4.69, 9.17) is 4.74 Å². The Balaban J connectivity index is 2.02. The first-order valence-corrected chi connectivity index (χ1v) is 5.76. The van der Waals surface area contributed by atoms with Gasteiger partial charge in [0.2, 0.25) is 0 Å². The van der Waals surface area contributed by atoms with Crippen molar-refractivity contribution in [2.75, 3.05) is 13.2 Å². The smallest absolute Gasteiger partial charge is 0.126 e. The third kappa shape index (κ3) is 2.60. The summed E-state index contributed by atoms with van der Waals surface area (Å²) in [4.78, 5) is 0. The molecule has 88 valence electrons. The summed E-state index contributed by atoms with van der Waals surface area (Å²) >= 11 is 0. The van der Waals surface area contributed by atoms with Gasteiger partial charge in [-0.25, -0.2) is 4.39 Å². The first-order chi connectivity index (χ1) is 7.66. The SMILES string of the molecule is Cc1ccc(C(C)NC2CCOC2)cc1F. The van der Waals surface area contributed by atoms with Crippen LogP contribution in [0.2, 0.25) is 0 Å². The van der Waals surface area contributed by atoms with E-state index in [-0.39, 0.29) is 11.9 Å². The van der Waals surface area contributed by atoms with Crippen LogP contribution >= 0.6 is 0 Å². The van der Waals surface area contributed by atoms with Gasteiger partial charge in [0.25, 0.3) is 0 Å². The molecule has 3 heteroatoms. The fraction of sp³-hybridized carbons (Fsp3) is 0.538. The van der Waals surface area contributed by atoms with E-state index in [0.29, 0.717) is 11.6 Å². The second-order valence-corrected chi connectivity index (χ2v) is 4.46. The highest BCUT2D eigenvalue weighted by molar-refractivity contribution is 5.25. The topological polar surface area (TPSA) is 21.3 Å². The Kier molecular flexibility index (Phi) is 3.56. The Hall–Kier alpha value is -0.930. The molecule has 0 bridgehead atoms. The molecular formula is C13H18FNO. The molecule has 16 heavy (non-hydrogen) atoms. The van der Waals surface area contributed by atoms with Gasteiger partial charge in [-0.05, 0) is 37.5 Å². The molecule has 1 fully saturated rings. The highest BCUT2D eigenvalue weighted by atomic mass is 19.1. The average molecular weight is 223 g/mol. The van der Waals surface area contributed by atoms with Crippen LogP contribution in [0.3, 0.4) is 0 Å². The molecule has 1 heterocycles. The van der Waals surface area contributed by atoms with Gasteiger partial charge in [0.15, 0.2) is 0 Å². The molecule has 0 saturated carbocycles. The molecule has 2 rings (SSSR count). The maximum absolute atomic E-state index is 13.4. The zero-order valence-corrected chi connectivity index (χ0v) is 9.79. The van der Waals surface area contributed by atoms with Crippen LogP contribution in [0.5, 0.6) is 0 Å². The van der Waals surface area contributed by atoms with E-state index in [1.54, 1.807) is 13.0 Å². The summed E-state index contributed by atoms with van der Waals surface area (Å²) in [6, 6.07) is 5.99. The Morgan fingerprint density at radius 1 is 1.50 bits per heavy atom. The van der Waals surface area contributed by atoms with Crippen LogP contribution in [0.4, 0.5) is 4.39 Å². The van der Waals surface area contributed by atoms with Crippen molar-refractivity contribution in [3.63, 3.8) is 0 Å². The molecule has 2 nitrogen and oxygen atoms in total. The van der Waals surface area contributed by atoms with Gasteiger partial charge in [-0.1, -0.05) is 12.1 Å². The van der Waals surface area contributed by atoms with Crippen molar-refractivity contribution >= 4 is 0 Å². The molecule has 1 saturated heterocycles. The van der Waals surface area contributed by atoms with Crippen molar-refractivity contribution < 1.29 is 9.13 Å². The van der Waals surface area contributed by atoms with Gasteiger partial charge in [-0.15, -0.1) is 0 Å². The van der Waals surface area contributed by atoms with Gasteiger partial charge < -0.3 is 10.1 Å². The second-order valence-electron chi connectivity index (χ2n) is 4.46. The Labute approximate surface area is 95.8 Å². The quantitative estimate of drug-likeness (QED) is 0.850. The number of nitrogens with one attached hydrogen (secondary N) is 1. The number of hydrogen-bond donors (Lipinski definition) is 1. The highest BCUT2D eigenvalue weighted by Crippen LogP contribution is 2.18. The van der Waals surface area contributed by atoms with E-state index in [0.717, 1.165) is 25.2 Å². The van der Waals surface area contributed by atoms with Crippen LogP contribution in [0.15, 0.2) is 18.2 Å². The van der Waals surface area contributed by atoms with E-state index in [2.05, 4.69) is 12.2 Å². The molecule has 0 aromatic heterocycles. The fourth-order valence-electron chi connectivity index (χ4n) is 1.99. The molecule has 0 radical (unpaired) electrons. The van der Waals surface area contributed by atoms with Crippen molar-refractivity contribution in [3.05, 3.63) is 35.1 Å². The van der Waals surface area contributed by atoms with E-state index in [1.807, 2.05) is 12.1 Å². The molecule has 1 aromatic carbocycles. The minimum Gasteiger partial charge on any atom is -0.380 e. The highest BCUT2D eigenvalue weighted by Gasteiger charge is 2.18. The zero-order valence-electron chi connectivity index (χ0n) is 9.79. The lowest BCUT2D eigenvalue weighted by Crippen LogP contribution is -2.31. The number of benzene rings is 1. The van der Waals surface area contributed by atoms with Crippen LogP contribution in [-0.2, 0) is 4.74 Å². The molecule has 1 aliphatic rings. The maximum Gasteiger partial charge on any atom is 0.126 e. The fourth-order valence-corrected chi connectivity index (χ4v) is 1.99. The molecule has 1 aliphatic heterocycles. The summed E-state index contributed by atoms with van der Waals surface area (Å²) in [6.45, 7) is 5.43. The minimum atomic E-state index is -0.131. The Morgan fingerprint density at radius 3 is 2.94 bits per heavy atom.